The minimum Gasteiger partial charge on any atom is -0.480 e. The summed E-state index contributed by atoms with van der Waals surface area (Å²) in [5.41, 5.74) is 6.91. The van der Waals surface area contributed by atoms with E-state index in [1.165, 1.54) is 5.56 Å². The smallest absolute Gasteiger partial charge is 0.320 e. The van der Waals surface area contributed by atoms with Gasteiger partial charge in [-0.2, -0.15) is 0 Å². The first-order valence-electron chi connectivity index (χ1n) is 6.28. The summed E-state index contributed by atoms with van der Waals surface area (Å²) >= 11 is 3.48. The fourth-order valence-corrected chi connectivity index (χ4v) is 3.39. The van der Waals surface area contributed by atoms with Crippen LogP contribution < -0.4 is 5.73 Å². The number of benzene rings is 1. The van der Waals surface area contributed by atoms with Crippen molar-refractivity contribution < 1.29 is 9.90 Å². The summed E-state index contributed by atoms with van der Waals surface area (Å²) < 4.78 is 1.04. The number of hydrogen-bond donors (Lipinski definition) is 2. The Morgan fingerprint density at radius 1 is 1.44 bits per heavy atom. The fraction of sp³-hybridized carbons (Fsp3) is 0.500. The second-order valence-electron chi connectivity index (χ2n) is 5.15. The highest BCUT2D eigenvalue weighted by molar-refractivity contribution is 9.10. The zero-order valence-corrected chi connectivity index (χ0v) is 11.8. The Labute approximate surface area is 116 Å². The molecule has 1 aromatic rings. The van der Waals surface area contributed by atoms with E-state index in [-0.39, 0.29) is 5.41 Å². The molecule has 1 unspecified atom stereocenters. The van der Waals surface area contributed by atoms with E-state index in [1.807, 2.05) is 12.1 Å². The van der Waals surface area contributed by atoms with Crippen LogP contribution in [-0.2, 0) is 10.2 Å². The SMILES string of the molecule is NC(CC1(c2cccc(Br)c2)CCCC1)C(=O)O. The van der Waals surface area contributed by atoms with Crippen LogP contribution in [0, 0.1) is 0 Å². The molecule has 1 saturated carbocycles. The number of carbonyl (C=O) groups is 1. The Kier molecular flexibility index (Phi) is 4.07. The molecule has 0 spiro atoms. The molecule has 1 atom stereocenters. The molecule has 2 rings (SSSR count). The minimum atomic E-state index is -0.906. The predicted molar refractivity (Wildman–Crippen MR) is 74.5 cm³/mol. The second-order valence-corrected chi connectivity index (χ2v) is 6.06. The number of aliphatic carboxylic acids is 1. The van der Waals surface area contributed by atoms with Gasteiger partial charge in [0.15, 0.2) is 0 Å². The largest absolute Gasteiger partial charge is 0.480 e. The maximum atomic E-state index is 11.0. The van der Waals surface area contributed by atoms with E-state index in [0.29, 0.717) is 6.42 Å². The number of carboxylic acids is 1. The normalized spacial score (nSPS) is 19.7. The van der Waals surface area contributed by atoms with Crippen molar-refractivity contribution in [1.82, 2.24) is 0 Å². The zero-order valence-electron chi connectivity index (χ0n) is 10.2. The molecule has 1 fully saturated rings. The Morgan fingerprint density at radius 3 is 2.67 bits per heavy atom. The molecule has 0 heterocycles. The summed E-state index contributed by atoms with van der Waals surface area (Å²) in [7, 11) is 0. The van der Waals surface area contributed by atoms with Crippen LogP contribution in [0.4, 0.5) is 0 Å². The Hall–Kier alpha value is -0.870. The van der Waals surface area contributed by atoms with Gasteiger partial charge in [0.05, 0.1) is 0 Å². The zero-order chi connectivity index (χ0) is 13.2. The summed E-state index contributed by atoms with van der Waals surface area (Å²) in [5.74, 6) is -0.906. The molecule has 1 aliphatic rings. The van der Waals surface area contributed by atoms with Crippen LogP contribution in [0.3, 0.4) is 0 Å². The van der Waals surface area contributed by atoms with Crippen molar-refractivity contribution >= 4 is 21.9 Å². The molecular formula is C14H18BrNO2. The molecule has 0 radical (unpaired) electrons. The van der Waals surface area contributed by atoms with Crippen molar-refractivity contribution in [3.63, 3.8) is 0 Å². The standard InChI is InChI=1S/C14H18BrNO2/c15-11-5-3-4-10(8-11)14(6-1-2-7-14)9-12(16)13(17)18/h3-5,8,12H,1-2,6-7,9,16H2,(H,17,18). The lowest BCUT2D eigenvalue weighted by Crippen LogP contribution is -2.38. The third kappa shape index (κ3) is 2.75. The topological polar surface area (TPSA) is 63.3 Å². The van der Waals surface area contributed by atoms with Crippen LogP contribution in [0.15, 0.2) is 28.7 Å². The van der Waals surface area contributed by atoms with Crippen LogP contribution in [0.5, 0.6) is 0 Å². The van der Waals surface area contributed by atoms with Crippen molar-refractivity contribution in [1.29, 1.82) is 0 Å². The van der Waals surface area contributed by atoms with Gasteiger partial charge in [-0.25, -0.2) is 0 Å². The van der Waals surface area contributed by atoms with Gasteiger partial charge in [-0.05, 0) is 42.4 Å². The summed E-state index contributed by atoms with van der Waals surface area (Å²) in [6.07, 6.45) is 4.89. The molecular weight excluding hydrogens is 294 g/mol. The highest BCUT2D eigenvalue weighted by Gasteiger charge is 2.38. The highest BCUT2D eigenvalue weighted by Crippen LogP contribution is 2.44. The van der Waals surface area contributed by atoms with Crippen molar-refractivity contribution in [3.05, 3.63) is 34.3 Å². The Balaban J connectivity index is 2.29. The third-order valence-electron chi connectivity index (χ3n) is 3.93. The molecule has 18 heavy (non-hydrogen) atoms. The molecule has 0 amide bonds. The van der Waals surface area contributed by atoms with Crippen LogP contribution in [0.1, 0.15) is 37.7 Å². The first-order valence-corrected chi connectivity index (χ1v) is 7.07. The molecule has 0 bridgehead atoms. The number of carboxylic acid groups (broad SMARTS) is 1. The Morgan fingerprint density at radius 2 is 2.11 bits per heavy atom. The average molecular weight is 312 g/mol. The van der Waals surface area contributed by atoms with Gasteiger partial charge in [-0.1, -0.05) is 40.9 Å². The van der Waals surface area contributed by atoms with Gasteiger partial charge in [0.1, 0.15) is 6.04 Å². The minimum absolute atomic E-state index is 0.0540. The van der Waals surface area contributed by atoms with Crippen molar-refractivity contribution in [2.75, 3.05) is 0 Å². The highest BCUT2D eigenvalue weighted by atomic mass is 79.9. The van der Waals surface area contributed by atoms with E-state index >= 15 is 0 Å². The summed E-state index contributed by atoms with van der Waals surface area (Å²) in [6.45, 7) is 0. The molecule has 0 aromatic heterocycles. The van der Waals surface area contributed by atoms with Gasteiger partial charge in [0.25, 0.3) is 0 Å². The van der Waals surface area contributed by atoms with Gasteiger partial charge in [-0.3, -0.25) is 4.79 Å². The summed E-state index contributed by atoms with van der Waals surface area (Å²) in [6, 6.07) is 7.40. The molecule has 1 aliphatic carbocycles. The van der Waals surface area contributed by atoms with Crippen molar-refractivity contribution in [2.24, 2.45) is 5.73 Å². The molecule has 98 valence electrons. The number of halogens is 1. The first kappa shape index (κ1) is 13.6. The van der Waals surface area contributed by atoms with E-state index in [2.05, 4.69) is 28.1 Å². The van der Waals surface area contributed by atoms with E-state index in [4.69, 9.17) is 10.8 Å². The lowest BCUT2D eigenvalue weighted by Gasteiger charge is -2.31. The summed E-state index contributed by atoms with van der Waals surface area (Å²) in [5, 5.41) is 9.02. The van der Waals surface area contributed by atoms with Crippen molar-refractivity contribution in [2.45, 2.75) is 43.6 Å². The first-order chi connectivity index (χ1) is 8.53. The monoisotopic (exact) mass is 311 g/mol. The molecule has 1 aromatic carbocycles. The van der Waals surface area contributed by atoms with E-state index in [1.54, 1.807) is 0 Å². The molecule has 0 aliphatic heterocycles. The van der Waals surface area contributed by atoms with E-state index in [9.17, 15) is 4.79 Å². The predicted octanol–water partition coefficient (Wildman–Crippen LogP) is 3.06. The molecule has 0 saturated heterocycles. The maximum Gasteiger partial charge on any atom is 0.320 e. The number of rotatable bonds is 4. The second kappa shape index (κ2) is 5.41. The van der Waals surface area contributed by atoms with Crippen LogP contribution in [-0.4, -0.2) is 17.1 Å². The molecule has 4 heteroatoms. The third-order valence-corrected chi connectivity index (χ3v) is 4.42. The van der Waals surface area contributed by atoms with E-state index in [0.717, 1.165) is 30.2 Å². The maximum absolute atomic E-state index is 11.0. The van der Waals surface area contributed by atoms with Gasteiger partial charge >= 0.3 is 5.97 Å². The number of nitrogens with two attached hydrogens (primary N) is 1. The lowest BCUT2D eigenvalue weighted by molar-refractivity contribution is -0.139. The quantitative estimate of drug-likeness (QED) is 0.898. The average Bonchev–Trinajstić information content (AvgIpc) is 2.78. The fourth-order valence-electron chi connectivity index (χ4n) is 2.99. The van der Waals surface area contributed by atoms with Gasteiger partial charge < -0.3 is 10.8 Å². The van der Waals surface area contributed by atoms with Crippen LogP contribution in [0.25, 0.3) is 0 Å². The van der Waals surface area contributed by atoms with Crippen LogP contribution in [0.2, 0.25) is 0 Å². The molecule has 3 nitrogen and oxygen atoms in total. The van der Waals surface area contributed by atoms with E-state index < -0.39 is 12.0 Å². The van der Waals surface area contributed by atoms with Gasteiger partial charge in [0.2, 0.25) is 0 Å². The summed E-state index contributed by atoms with van der Waals surface area (Å²) in [4.78, 5) is 11.0. The van der Waals surface area contributed by atoms with Gasteiger partial charge in [0, 0.05) is 4.47 Å². The lowest BCUT2D eigenvalue weighted by atomic mass is 9.74. The van der Waals surface area contributed by atoms with Crippen molar-refractivity contribution in [3.8, 4) is 0 Å². The molecule has 3 N–H and O–H groups in total. The van der Waals surface area contributed by atoms with Gasteiger partial charge in [-0.15, -0.1) is 0 Å². The Bertz CT molecular complexity index is 441. The number of hydrogen-bond acceptors (Lipinski definition) is 2. The van der Waals surface area contributed by atoms with Crippen LogP contribution >= 0.6 is 15.9 Å².